The largest absolute Gasteiger partial charge is 0.481 e. The highest BCUT2D eigenvalue weighted by Crippen LogP contribution is 2.34. The van der Waals surface area contributed by atoms with E-state index in [-0.39, 0.29) is 12.0 Å². The molecule has 0 aromatic rings. The fourth-order valence-electron chi connectivity index (χ4n) is 3.25. The number of nitrogens with zero attached hydrogens (tertiary/aromatic N) is 1. The maximum absolute atomic E-state index is 11.4. The molecule has 3 atom stereocenters. The molecule has 3 unspecified atom stereocenters. The summed E-state index contributed by atoms with van der Waals surface area (Å²) in [7, 11) is 2.10. The van der Waals surface area contributed by atoms with Crippen LogP contribution in [-0.2, 0) is 4.79 Å². The normalized spacial score (nSPS) is 28.6. The predicted molar refractivity (Wildman–Crippen MR) is 74.7 cm³/mol. The van der Waals surface area contributed by atoms with Gasteiger partial charge >= 0.3 is 5.97 Å². The zero-order chi connectivity index (χ0) is 13.5. The molecular formula is C15H29NO2. The van der Waals surface area contributed by atoms with Crippen LogP contribution in [0.3, 0.4) is 0 Å². The van der Waals surface area contributed by atoms with Crippen molar-refractivity contribution < 1.29 is 9.90 Å². The quantitative estimate of drug-likeness (QED) is 0.758. The maximum Gasteiger partial charge on any atom is 0.308 e. The van der Waals surface area contributed by atoms with E-state index in [1.807, 2.05) is 0 Å². The highest BCUT2D eigenvalue weighted by Gasteiger charge is 2.36. The number of carboxylic acid groups (broad SMARTS) is 1. The summed E-state index contributed by atoms with van der Waals surface area (Å²) < 4.78 is 0. The standard InChI is InChI=1S/C15H29NO2/c1-4-6-10-16(3)14-11-12(7-5-2)8-9-13(14)15(17)18/h12-14H,4-11H2,1-3H3,(H,17,18). The minimum absolute atomic E-state index is 0.153. The molecular weight excluding hydrogens is 226 g/mol. The van der Waals surface area contributed by atoms with Gasteiger partial charge in [-0.1, -0.05) is 33.1 Å². The van der Waals surface area contributed by atoms with Crippen molar-refractivity contribution in [3.05, 3.63) is 0 Å². The molecule has 0 spiro atoms. The Morgan fingerprint density at radius 2 is 2.00 bits per heavy atom. The van der Waals surface area contributed by atoms with Gasteiger partial charge in [-0.2, -0.15) is 0 Å². The van der Waals surface area contributed by atoms with Gasteiger partial charge in [0.1, 0.15) is 0 Å². The number of aliphatic carboxylic acids is 1. The lowest BCUT2D eigenvalue weighted by atomic mass is 9.76. The molecule has 1 aliphatic carbocycles. The fraction of sp³-hybridized carbons (Fsp3) is 0.933. The third kappa shape index (κ3) is 4.27. The highest BCUT2D eigenvalue weighted by atomic mass is 16.4. The average Bonchev–Trinajstić information content (AvgIpc) is 2.36. The number of carbonyl (C=O) groups is 1. The van der Waals surface area contributed by atoms with Crippen molar-refractivity contribution in [1.82, 2.24) is 4.90 Å². The van der Waals surface area contributed by atoms with E-state index in [1.54, 1.807) is 0 Å². The molecule has 1 rings (SSSR count). The van der Waals surface area contributed by atoms with Gasteiger partial charge in [-0.25, -0.2) is 0 Å². The Balaban J connectivity index is 2.62. The molecule has 0 aliphatic heterocycles. The Bertz CT molecular complexity index is 255. The molecule has 0 aromatic heterocycles. The first-order chi connectivity index (χ1) is 8.60. The second kappa shape index (κ2) is 7.78. The van der Waals surface area contributed by atoms with E-state index in [2.05, 4.69) is 25.8 Å². The van der Waals surface area contributed by atoms with Crippen LogP contribution in [-0.4, -0.2) is 35.6 Å². The summed E-state index contributed by atoms with van der Waals surface area (Å²) in [5, 5.41) is 9.37. The number of hydrogen-bond donors (Lipinski definition) is 1. The Kier molecular flexibility index (Phi) is 6.69. The lowest BCUT2D eigenvalue weighted by Crippen LogP contribution is -2.45. The first-order valence-electron chi connectivity index (χ1n) is 7.53. The predicted octanol–water partition coefficient (Wildman–Crippen LogP) is 3.39. The van der Waals surface area contributed by atoms with Crippen LogP contribution in [0, 0.1) is 11.8 Å². The first kappa shape index (κ1) is 15.5. The SMILES string of the molecule is CCCCN(C)C1CC(CCC)CCC1C(=O)O. The Hall–Kier alpha value is -0.570. The van der Waals surface area contributed by atoms with Crippen LogP contribution in [0.15, 0.2) is 0 Å². The van der Waals surface area contributed by atoms with Crippen LogP contribution < -0.4 is 0 Å². The van der Waals surface area contributed by atoms with Crippen LogP contribution in [0.25, 0.3) is 0 Å². The summed E-state index contributed by atoms with van der Waals surface area (Å²) in [6, 6.07) is 0.249. The fourth-order valence-corrected chi connectivity index (χ4v) is 3.25. The smallest absolute Gasteiger partial charge is 0.308 e. The van der Waals surface area contributed by atoms with Crippen molar-refractivity contribution in [2.45, 2.75) is 64.8 Å². The van der Waals surface area contributed by atoms with Crippen LogP contribution in [0.4, 0.5) is 0 Å². The lowest BCUT2D eigenvalue weighted by molar-refractivity contribution is -0.146. The summed E-state index contributed by atoms with van der Waals surface area (Å²) >= 11 is 0. The third-order valence-electron chi connectivity index (χ3n) is 4.37. The number of unbranched alkanes of at least 4 members (excludes halogenated alkanes) is 1. The molecule has 0 bridgehead atoms. The summed E-state index contributed by atoms with van der Waals surface area (Å²) in [4.78, 5) is 13.7. The number of rotatable bonds is 7. The van der Waals surface area contributed by atoms with E-state index in [4.69, 9.17) is 0 Å². The zero-order valence-corrected chi connectivity index (χ0v) is 12.2. The van der Waals surface area contributed by atoms with Crippen molar-refractivity contribution in [2.24, 2.45) is 11.8 Å². The van der Waals surface area contributed by atoms with E-state index < -0.39 is 5.97 Å². The molecule has 0 aromatic carbocycles. The molecule has 0 heterocycles. The Morgan fingerprint density at radius 1 is 1.28 bits per heavy atom. The molecule has 0 amide bonds. The summed E-state index contributed by atoms with van der Waals surface area (Å²) in [6.07, 6.45) is 7.85. The molecule has 1 fully saturated rings. The molecule has 106 valence electrons. The van der Waals surface area contributed by atoms with Crippen LogP contribution in [0.5, 0.6) is 0 Å². The molecule has 0 saturated heterocycles. The third-order valence-corrected chi connectivity index (χ3v) is 4.37. The topological polar surface area (TPSA) is 40.5 Å². The Morgan fingerprint density at radius 3 is 2.56 bits per heavy atom. The van der Waals surface area contributed by atoms with Gasteiger partial charge in [0.05, 0.1) is 5.92 Å². The summed E-state index contributed by atoms with van der Waals surface area (Å²) in [6.45, 7) is 5.44. The number of hydrogen-bond acceptors (Lipinski definition) is 2. The zero-order valence-electron chi connectivity index (χ0n) is 12.2. The van der Waals surface area contributed by atoms with Gasteiger partial charge < -0.3 is 10.0 Å². The molecule has 1 aliphatic rings. The second-order valence-corrected chi connectivity index (χ2v) is 5.81. The molecule has 3 nitrogen and oxygen atoms in total. The van der Waals surface area contributed by atoms with E-state index in [1.165, 1.54) is 19.3 Å². The Labute approximate surface area is 112 Å². The molecule has 1 N–H and O–H groups in total. The maximum atomic E-state index is 11.4. The lowest BCUT2D eigenvalue weighted by Gasteiger charge is -2.39. The van der Waals surface area contributed by atoms with E-state index in [9.17, 15) is 9.90 Å². The van der Waals surface area contributed by atoms with Crippen molar-refractivity contribution in [3.8, 4) is 0 Å². The van der Waals surface area contributed by atoms with Crippen molar-refractivity contribution in [3.63, 3.8) is 0 Å². The van der Waals surface area contributed by atoms with Gasteiger partial charge in [-0.3, -0.25) is 4.79 Å². The van der Waals surface area contributed by atoms with Gasteiger partial charge in [0, 0.05) is 6.04 Å². The second-order valence-electron chi connectivity index (χ2n) is 5.81. The van der Waals surface area contributed by atoms with Gasteiger partial charge in [0.15, 0.2) is 0 Å². The van der Waals surface area contributed by atoms with Crippen LogP contribution >= 0.6 is 0 Å². The van der Waals surface area contributed by atoms with Gasteiger partial charge in [0.25, 0.3) is 0 Å². The first-order valence-corrected chi connectivity index (χ1v) is 7.53. The molecule has 1 saturated carbocycles. The van der Waals surface area contributed by atoms with Crippen LogP contribution in [0.1, 0.15) is 58.8 Å². The van der Waals surface area contributed by atoms with Crippen molar-refractivity contribution >= 4 is 5.97 Å². The monoisotopic (exact) mass is 255 g/mol. The van der Waals surface area contributed by atoms with Gasteiger partial charge in [-0.15, -0.1) is 0 Å². The van der Waals surface area contributed by atoms with Gasteiger partial charge in [0.2, 0.25) is 0 Å². The average molecular weight is 255 g/mol. The van der Waals surface area contributed by atoms with Crippen molar-refractivity contribution in [1.29, 1.82) is 0 Å². The highest BCUT2D eigenvalue weighted by molar-refractivity contribution is 5.71. The van der Waals surface area contributed by atoms with Gasteiger partial charge in [-0.05, 0) is 45.2 Å². The molecule has 3 heteroatoms. The van der Waals surface area contributed by atoms with E-state index in [0.29, 0.717) is 0 Å². The van der Waals surface area contributed by atoms with Crippen molar-refractivity contribution in [2.75, 3.05) is 13.6 Å². The van der Waals surface area contributed by atoms with E-state index >= 15 is 0 Å². The van der Waals surface area contributed by atoms with Crippen LogP contribution in [0.2, 0.25) is 0 Å². The minimum Gasteiger partial charge on any atom is -0.481 e. The molecule has 18 heavy (non-hydrogen) atoms. The summed E-state index contributed by atoms with van der Waals surface area (Å²) in [5.74, 6) is -0.0158. The number of carboxylic acids is 1. The van der Waals surface area contributed by atoms with E-state index in [0.717, 1.165) is 38.1 Å². The molecule has 0 radical (unpaired) electrons. The summed E-state index contributed by atoms with van der Waals surface area (Å²) in [5.41, 5.74) is 0. The minimum atomic E-state index is -0.599.